The van der Waals surface area contributed by atoms with E-state index in [1.165, 1.54) is 6.07 Å². The summed E-state index contributed by atoms with van der Waals surface area (Å²) >= 11 is 3.22. The average Bonchev–Trinajstić information content (AvgIpc) is 2.40. The fourth-order valence-electron chi connectivity index (χ4n) is 2.82. The van der Waals surface area contributed by atoms with Gasteiger partial charge in [0, 0.05) is 23.6 Å². The summed E-state index contributed by atoms with van der Waals surface area (Å²) in [5.74, 6) is 0.417. The van der Waals surface area contributed by atoms with Gasteiger partial charge in [-0.25, -0.2) is 0 Å². The van der Waals surface area contributed by atoms with Gasteiger partial charge in [0.05, 0.1) is 5.56 Å². The number of benzene rings is 1. The Balaban J connectivity index is 2.45. The standard InChI is InChI=1S/C15H19BrF3N/c1-10-4-3-7-20(11(10)2)14-6-5-12(9-16)8-13(14)15(17,18)19/h5-6,8,10-11H,3-4,7,9H2,1-2H3. The van der Waals surface area contributed by atoms with Crippen LogP contribution in [-0.2, 0) is 11.5 Å². The minimum atomic E-state index is -4.31. The summed E-state index contributed by atoms with van der Waals surface area (Å²) in [4.78, 5) is 1.91. The molecule has 112 valence electrons. The number of anilines is 1. The van der Waals surface area contributed by atoms with E-state index in [2.05, 4.69) is 22.9 Å². The van der Waals surface area contributed by atoms with Crippen molar-refractivity contribution in [1.82, 2.24) is 0 Å². The van der Waals surface area contributed by atoms with Gasteiger partial charge in [0.15, 0.2) is 0 Å². The predicted octanol–water partition coefficient (Wildman–Crippen LogP) is 5.23. The van der Waals surface area contributed by atoms with E-state index >= 15 is 0 Å². The molecule has 2 atom stereocenters. The third-order valence-corrected chi connectivity index (χ3v) is 4.85. The van der Waals surface area contributed by atoms with E-state index in [1.54, 1.807) is 12.1 Å². The summed E-state index contributed by atoms with van der Waals surface area (Å²) in [6.07, 6.45) is -2.28. The van der Waals surface area contributed by atoms with Crippen molar-refractivity contribution in [1.29, 1.82) is 0 Å². The maximum atomic E-state index is 13.3. The van der Waals surface area contributed by atoms with E-state index < -0.39 is 11.7 Å². The van der Waals surface area contributed by atoms with Gasteiger partial charge >= 0.3 is 6.18 Å². The lowest BCUT2D eigenvalue weighted by molar-refractivity contribution is -0.137. The van der Waals surface area contributed by atoms with Crippen LogP contribution in [0.1, 0.15) is 37.8 Å². The van der Waals surface area contributed by atoms with Crippen LogP contribution in [0.2, 0.25) is 0 Å². The van der Waals surface area contributed by atoms with Gasteiger partial charge in [-0.2, -0.15) is 13.2 Å². The fourth-order valence-corrected chi connectivity index (χ4v) is 3.17. The summed E-state index contributed by atoms with van der Waals surface area (Å²) in [6, 6.07) is 4.79. The molecule has 2 rings (SSSR count). The molecule has 5 heteroatoms. The monoisotopic (exact) mass is 349 g/mol. The van der Waals surface area contributed by atoms with Gasteiger partial charge in [-0.3, -0.25) is 0 Å². The molecular formula is C15H19BrF3N. The molecule has 1 saturated heterocycles. The number of alkyl halides is 4. The highest BCUT2D eigenvalue weighted by Gasteiger charge is 2.37. The molecule has 1 aromatic carbocycles. The number of hydrogen-bond acceptors (Lipinski definition) is 1. The van der Waals surface area contributed by atoms with E-state index in [9.17, 15) is 13.2 Å². The molecule has 1 aliphatic rings. The average molecular weight is 350 g/mol. The van der Waals surface area contributed by atoms with Crippen molar-refractivity contribution in [3.8, 4) is 0 Å². The number of piperidine rings is 1. The minimum absolute atomic E-state index is 0.139. The van der Waals surface area contributed by atoms with Gasteiger partial charge in [0.2, 0.25) is 0 Å². The molecule has 0 aliphatic carbocycles. The van der Waals surface area contributed by atoms with Crippen molar-refractivity contribution in [3.63, 3.8) is 0 Å². The topological polar surface area (TPSA) is 3.24 Å². The van der Waals surface area contributed by atoms with E-state index in [0.717, 1.165) is 12.8 Å². The Hall–Kier alpha value is -0.710. The molecule has 20 heavy (non-hydrogen) atoms. The highest BCUT2D eigenvalue weighted by molar-refractivity contribution is 9.08. The van der Waals surface area contributed by atoms with Crippen molar-refractivity contribution >= 4 is 21.6 Å². The van der Waals surface area contributed by atoms with Crippen LogP contribution in [0.5, 0.6) is 0 Å². The molecule has 0 aromatic heterocycles. The molecule has 1 aliphatic heterocycles. The fraction of sp³-hybridized carbons (Fsp3) is 0.600. The molecule has 0 radical (unpaired) electrons. The molecule has 0 N–H and O–H groups in total. The SMILES string of the molecule is CC1CCCN(c2ccc(CBr)cc2C(F)(F)F)C1C. The first-order valence-corrected chi connectivity index (χ1v) is 7.99. The Bertz CT molecular complexity index is 473. The van der Waals surface area contributed by atoms with Crippen molar-refractivity contribution in [3.05, 3.63) is 29.3 Å². The van der Waals surface area contributed by atoms with Crippen molar-refractivity contribution in [2.75, 3.05) is 11.4 Å². The Morgan fingerprint density at radius 3 is 2.60 bits per heavy atom. The van der Waals surface area contributed by atoms with Gasteiger partial charge in [0.1, 0.15) is 0 Å². The molecule has 0 saturated carbocycles. The molecule has 0 amide bonds. The zero-order valence-corrected chi connectivity index (χ0v) is 13.3. The van der Waals surface area contributed by atoms with Crippen LogP contribution in [0.25, 0.3) is 0 Å². The zero-order valence-electron chi connectivity index (χ0n) is 11.7. The largest absolute Gasteiger partial charge is 0.418 e. The molecule has 1 fully saturated rings. The maximum absolute atomic E-state index is 13.3. The molecule has 1 heterocycles. The Labute approximate surface area is 126 Å². The van der Waals surface area contributed by atoms with Crippen molar-refractivity contribution in [2.45, 2.75) is 44.2 Å². The lowest BCUT2D eigenvalue weighted by Gasteiger charge is -2.40. The quantitative estimate of drug-likeness (QED) is 0.661. The van der Waals surface area contributed by atoms with Crippen LogP contribution < -0.4 is 4.90 Å². The van der Waals surface area contributed by atoms with Crippen molar-refractivity contribution < 1.29 is 13.2 Å². The summed E-state index contributed by atoms with van der Waals surface area (Å²) in [7, 11) is 0. The first-order chi connectivity index (χ1) is 9.34. The third kappa shape index (κ3) is 3.13. The summed E-state index contributed by atoms with van der Waals surface area (Å²) in [5.41, 5.74) is 0.454. The van der Waals surface area contributed by atoms with E-state index in [4.69, 9.17) is 0 Å². The Morgan fingerprint density at radius 2 is 2.00 bits per heavy atom. The molecule has 0 spiro atoms. The predicted molar refractivity (Wildman–Crippen MR) is 79.3 cm³/mol. The van der Waals surface area contributed by atoms with Crippen LogP contribution in [-0.4, -0.2) is 12.6 Å². The molecular weight excluding hydrogens is 331 g/mol. The number of halogens is 4. The highest BCUT2D eigenvalue weighted by atomic mass is 79.9. The lowest BCUT2D eigenvalue weighted by Crippen LogP contribution is -2.43. The first kappa shape index (κ1) is 15.7. The van der Waals surface area contributed by atoms with Gasteiger partial charge in [-0.05, 0) is 43.4 Å². The Kier molecular flexibility index (Phi) is 4.67. The summed E-state index contributed by atoms with van der Waals surface area (Å²) in [5, 5.41) is 0.433. The third-order valence-electron chi connectivity index (χ3n) is 4.20. The molecule has 1 nitrogen and oxygen atoms in total. The summed E-state index contributed by atoms with van der Waals surface area (Å²) in [6.45, 7) is 4.82. The number of rotatable bonds is 2. The van der Waals surface area contributed by atoms with Gasteiger partial charge in [0.25, 0.3) is 0 Å². The normalized spacial score (nSPS) is 24.0. The van der Waals surface area contributed by atoms with Crippen LogP contribution in [0.3, 0.4) is 0 Å². The van der Waals surface area contributed by atoms with E-state index in [1.807, 2.05) is 11.8 Å². The van der Waals surface area contributed by atoms with Crippen LogP contribution in [0, 0.1) is 5.92 Å². The van der Waals surface area contributed by atoms with E-state index in [0.29, 0.717) is 29.0 Å². The number of hydrogen-bond donors (Lipinski definition) is 0. The second kappa shape index (κ2) is 5.96. The zero-order chi connectivity index (χ0) is 14.9. The minimum Gasteiger partial charge on any atom is -0.368 e. The molecule has 2 unspecified atom stereocenters. The lowest BCUT2D eigenvalue weighted by atomic mass is 9.91. The van der Waals surface area contributed by atoms with Crippen LogP contribution in [0.4, 0.5) is 18.9 Å². The van der Waals surface area contributed by atoms with Gasteiger partial charge in [-0.15, -0.1) is 0 Å². The van der Waals surface area contributed by atoms with Crippen LogP contribution >= 0.6 is 15.9 Å². The van der Waals surface area contributed by atoms with Crippen molar-refractivity contribution in [2.24, 2.45) is 5.92 Å². The second-order valence-electron chi connectivity index (χ2n) is 5.54. The first-order valence-electron chi connectivity index (χ1n) is 6.87. The Morgan fingerprint density at radius 1 is 1.30 bits per heavy atom. The molecule has 1 aromatic rings. The highest BCUT2D eigenvalue weighted by Crippen LogP contribution is 2.40. The summed E-state index contributed by atoms with van der Waals surface area (Å²) < 4.78 is 39.9. The second-order valence-corrected chi connectivity index (χ2v) is 6.10. The maximum Gasteiger partial charge on any atom is 0.418 e. The van der Waals surface area contributed by atoms with Crippen LogP contribution in [0.15, 0.2) is 18.2 Å². The van der Waals surface area contributed by atoms with E-state index in [-0.39, 0.29) is 6.04 Å². The molecule has 0 bridgehead atoms. The van der Waals surface area contributed by atoms with Gasteiger partial charge < -0.3 is 4.90 Å². The van der Waals surface area contributed by atoms with Gasteiger partial charge in [-0.1, -0.05) is 28.9 Å². The number of nitrogens with zero attached hydrogens (tertiary/aromatic N) is 1. The smallest absolute Gasteiger partial charge is 0.368 e.